The Morgan fingerprint density at radius 1 is 1.20 bits per heavy atom. The number of hydrogen-bond acceptors (Lipinski definition) is 3. The first-order chi connectivity index (χ1) is 12.0. The maximum Gasteiger partial charge on any atom is 0.187 e. The average molecular weight is 327 g/mol. The van der Waals surface area contributed by atoms with E-state index in [1.54, 1.807) is 17.1 Å². The fourth-order valence-electron chi connectivity index (χ4n) is 2.63. The van der Waals surface area contributed by atoms with E-state index in [-0.39, 0.29) is 0 Å². The molecule has 3 rings (SSSR count). The summed E-state index contributed by atoms with van der Waals surface area (Å²) in [7, 11) is 0. The highest BCUT2D eigenvalue weighted by Gasteiger charge is 2.21. The molecule has 122 valence electrons. The summed E-state index contributed by atoms with van der Waals surface area (Å²) < 4.78 is 1.75. The Morgan fingerprint density at radius 2 is 2.04 bits per heavy atom. The molecule has 0 atom stereocenters. The molecule has 0 aliphatic carbocycles. The van der Waals surface area contributed by atoms with Crippen molar-refractivity contribution in [2.45, 2.75) is 25.8 Å². The highest BCUT2D eigenvalue weighted by molar-refractivity contribution is 5.70. The normalized spacial score (nSPS) is 10.9. The van der Waals surface area contributed by atoms with Gasteiger partial charge in [-0.1, -0.05) is 24.3 Å². The van der Waals surface area contributed by atoms with Gasteiger partial charge in [0.15, 0.2) is 5.69 Å². The summed E-state index contributed by atoms with van der Waals surface area (Å²) in [5, 5.41) is 13.7. The highest BCUT2D eigenvalue weighted by Crippen LogP contribution is 2.31. The fraction of sp³-hybridized carbons (Fsp3) is 0.200. The van der Waals surface area contributed by atoms with Gasteiger partial charge in [-0.25, -0.2) is 14.5 Å². The Balaban J connectivity index is 2.12. The predicted molar refractivity (Wildman–Crippen MR) is 95.9 cm³/mol. The average Bonchev–Trinajstić information content (AvgIpc) is 3.14. The molecule has 0 aliphatic heterocycles. The van der Waals surface area contributed by atoms with E-state index in [0.717, 1.165) is 22.3 Å². The van der Waals surface area contributed by atoms with Crippen molar-refractivity contribution in [1.29, 1.82) is 5.26 Å². The summed E-state index contributed by atoms with van der Waals surface area (Å²) in [5.74, 6) is 0. The Labute approximate surface area is 147 Å². The summed E-state index contributed by atoms with van der Waals surface area (Å²) in [4.78, 5) is 7.48. The van der Waals surface area contributed by atoms with Crippen LogP contribution in [0.2, 0.25) is 0 Å². The first-order valence-electron chi connectivity index (χ1n) is 7.88. The maximum absolute atomic E-state index is 9.52. The van der Waals surface area contributed by atoms with Gasteiger partial charge in [-0.3, -0.25) is 0 Å². The minimum absolute atomic E-state index is 0.574. The molecular formula is C20H17N5. The van der Waals surface area contributed by atoms with Gasteiger partial charge in [0.05, 0.1) is 24.6 Å². The number of nitriles is 1. The lowest BCUT2D eigenvalue weighted by molar-refractivity contribution is 0.668. The number of benzene rings is 2. The molecule has 25 heavy (non-hydrogen) atoms. The lowest BCUT2D eigenvalue weighted by atomic mass is 9.83. The molecule has 0 N–H and O–H groups in total. The van der Waals surface area contributed by atoms with Crippen LogP contribution in [-0.2, 0) is 12.0 Å². The molecule has 1 aromatic heterocycles. The zero-order valence-corrected chi connectivity index (χ0v) is 14.1. The van der Waals surface area contributed by atoms with Crippen LogP contribution in [0.1, 0.15) is 25.0 Å². The van der Waals surface area contributed by atoms with E-state index in [4.69, 9.17) is 6.57 Å². The topological polar surface area (TPSA) is 58.9 Å². The van der Waals surface area contributed by atoms with Gasteiger partial charge < -0.3 is 0 Å². The molecule has 5 nitrogen and oxygen atoms in total. The molecule has 0 bridgehead atoms. The van der Waals surface area contributed by atoms with Gasteiger partial charge in [-0.2, -0.15) is 10.4 Å². The van der Waals surface area contributed by atoms with E-state index in [2.05, 4.69) is 27.1 Å². The Bertz CT molecular complexity index is 972. The standard InChI is InChI=1S/C20H17N5/c1-20(2,12-21)18-8-15(11-25-14-23-13-24-25)7-17(9-18)16-5-4-6-19(10-16)22-3/h4-10,13-14H,11H2,1-2H3. The van der Waals surface area contributed by atoms with E-state index in [1.807, 2.05) is 44.2 Å². The van der Waals surface area contributed by atoms with Gasteiger partial charge >= 0.3 is 0 Å². The molecule has 2 aromatic carbocycles. The molecule has 0 saturated heterocycles. The molecule has 0 unspecified atom stereocenters. The number of aromatic nitrogens is 3. The van der Waals surface area contributed by atoms with Crippen molar-refractivity contribution in [3.63, 3.8) is 0 Å². The second-order valence-corrected chi connectivity index (χ2v) is 6.41. The second-order valence-electron chi connectivity index (χ2n) is 6.41. The minimum Gasteiger partial charge on any atom is -0.249 e. The smallest absolute Gasteiger partial charge is 0.187 e. The van der Waals surface area contributed by atoms with Crippen molar-refractivity contribution in [1.82, 2.24) is 14.8 Å². The Morgan fingerprint density at radius 3 is 2.72 bits per heavy atom. The number of rotatable bonds is 4. The third kappa shape index (κ3) is 3.57. The highest BCUT2D eigenvalue weighted by atomic mass is 15.3. The van der Waals surface area contributed by atoms with Crippen molar-refractivity contribution in [3.8, 4) is 17.2 Å². The third-order valence-corrected chi connectivity index (χ3v) is 4.11. The van der Waals surface area contributed by atoms with E-state index in [1.165, 1.54) is 6.33 Å². The van der Waals surface area contributed by atoms with Crippen LogP contribution in [0.15, 0.2) is 55.1 Å². The Hall–Kier alpha value is -3.44. The summed E-state index contributed by atoms with van der Waals surface area (Å²) in [6.45, 7) is 11.6. The van der Waals surface area contributed by atoms with Crippen LogP contribution in [0.3, 0.4) is 0 Å². The monoisotopic (exact) mass is 327 g/mol. The zero-order chi connectivity index (χ0) is 17.9. The summed E-state index contributed by atoms with van der Waals surface area (Å²) in [6, 6.07) is 16.0. The largest absolute Gasteiger partial charge is 0.249 e. The van der Waals surface area contributed by atoms with E-state index >= 15 is 0 Å². The van der Waals surface area contributed by atoms with Crippen molar-refractivity contribution in [2.24, 2.45) is 0 Å². The van der Waals surface area contributed by atoms with Crippen molar-refractivity contribution in [3.05, 3.63) is 77.7 Å². The van der Waals surface area contributed by atoms with Crippen LogP contribution in [0.25, 0.3) is 16.0 Å². The molecule has 3 aromatic rings. The van der Waals surface area contributed by atoms with Gasteiger partial charge in [0.2, 0.25) is 0 Å². The maximum atomic E-state index is 9.52. The van der Waals surface area contributed by atoms with Crippen LogP contribution < -0.4 is 0 Å². The van der Waals surface area contributed by atoms with Crippen molar-refractivity contribution in [2.75, 3.05) is 0 Å². The zero-order valence-electron chi connectivity index (χ0n) is 14.1. The van der Waals surface area contributed by atoms with Crippen LogP contribution in [0.5, 0.6) is 0 Å². The van der Waals surface area contributed by atoms with Crippen molar-refractivity contribution < 1.29 is 0 Å². The van der Waals surface area contributed by atoms with E-state index < -0.39 is 5.41 Å². The van der Waals surface area contributed by atoms with Gasteiger partial charge in [-0.05, 0) is 54.3 Å². The van der Waals surface area contributed by atoms with E-state index in [9.17, 15) is 5.26 Å². The quantitative estimate of drug-likeness (QED) is 0.670. The SMILES string of the molecule is [C-]#[N+]c1cccc(-c2cc(Cn3cncn3)cc(C(C)(C)C#N)c2)c1. The summed E-state index contributed by atoms with van der Waals surface area (Å²) >= 11 is 0. The minimum atomic E-state index is -0.607. The predicted octanol–water partition coefficient (Wildman–Crippen LogP) is 4.35. The lowest BCUT2D eigenvalue weighted by Crippen LogP contribution is -2.15. The number of hydrogen-bond donors (Lipinski definition) is 0. The molecule has 5 heteroatoms. The molecule has 0 amide bonds. The van der Waals surface area contributed by atoms with Crippen molar-refractivity contribution >= 4 is 5.69 Å². The van der Waals surface area contributed by atoms with Gasteiger partial charge in [-0.15, -0.1) is 0 Å². The molecule has 0 spiro atoms. The van der Waals surface area contributed by atoms with Gasteiger partial charge in [0.1, 0.15) is 12.7 Å². The fourth-order valence-corrected chi connectivity index (χ4v) is 2.63. The third-order valence-electron chi connectivity index (χ3n) is 4.11. The lowest BCUT2D eigenvalue weighted by Gasteiger charge is -2.19. The van der Waals surface area contributed by atoms with Crippen LogP contribution in [0, 0.1) is 17.9 Å². The first-order valence-corrected chi connectivity index (χ1v) is 7.88. The molecule has 0 saturated carbocycles. The van der Waals surface area contributed by atoms with Crippen LogP contribution in [0.4, 0.5) is 5.69 Å². The summed E-state index contributed by atoms with van der Waals surface area (Å²) in [6.07, 6.45) is 3.17. The molecular weight excluding hydrogens is 310 g/mol. The van der Waals surface area contributed by atoms with Crippen LogP contribution >= 0.6 is 0 Å². The van der Waals surface area contributed by atoms with Gasteiger partial charge in [0, 0.05) is 0 Å². The molecule has 1 heterocycles. The molecule has 0 aliphatic rings. The summed E-state index contributed by atoms with van der Waals surface area (Å²) in [5.41, 5.74) is 3.92. The first kappa shape index (κ1) is 16.4. The second kappa shape index (κ2) is 6.59. The van der Waals surface area contributed by atoms with Crippen LogP contribution in [-0.4, -0.2) is 14.8 Å². The number of nitrogens with zero attached hydrogens (tertiary/aromatic N) is 5. The molecule has 0 fully saturated rings. The van der Waals surface area contributed by atoms with E-state index in [0.29, 0.717) is 12.2 Å². The van der Waals surface area contributed by atoms with Gasteiger partial charge in [0.25, 0.3) is 0 Å². The Kier molecular flexibility index (Phi) is 4.33. The molecule has 0 radical (unpaired) electrons.